The second-order valence-electron chi connectivity index (χ2n) is 7.40. The Labute approximate surface area is 185 Å². The zero-order valence-electron chi connectivity index (χ0n) is 17.4. The lowest BCUT2D eigenvalue weighted by Gasteiger charge is -2.22. The molecule has 4 rings (SSSR count). The van der Waals surface area contributed by atoms with Crippen LogP contribution in [0.1, 0.15) is 36.4 Å². The first-order chi connectivity index (χ1) is 15.1. The fourth-order valence-corrected chi connectivity index (χ4v) is 4.88. The highest BCUT2D eigenvalue weighted by Crippen LogP contribution is 2.36. The second-order valence-corrected chi connectivity index (χ2v) is 8.47. The Bertz CT molecular complexity index is 1060. The lowest BCUT2D eigenvalue weighted by atomic mass is 10.2. The Hall–Kier alpha value is -3.03. The minimum atomic E-state index is -0.367. The van der Waals surface area contributed by atoms with E-state index in [2.05, 4.69) is 16.3 Å². The molecule has 160 valence electrons. The molecule has 2 heterocycles. The molecule has 31 heavy (non-hydrogen) atoms. The number of rotatable bonds is 7. The molecule has 1 atom stereocenters. The van der Waals surface area contributed by atoms with Gasteiger partial charge < -0.3 is 10.1 Å². The monoisotopic (exact) mass is 435 g/mol. The number of aromatic nitrogens is 1. The standard InChI is InChI=1S/C24H25N3O3S/c1-2-30-23(29)14-11-17-9-12-18(13-10-17)25-22(28)16-27-15-5-7-20(27)24-26-19-6-3-4-8-21(19)31-24/h3-4,6,8-14,20H,2,5,7,15-16H2,1H3,(H,25,28)/b14-11+. The third-order valence-corrected chi connectivity index (χ3v) is 6.34. The van der Waals surface area contributed by atoms with Crippen LogP contribution >= 0.6 is 11.3 Å². The highest BCUT2D eigenvalue weighted by molar-refractivity contribution is 7.18. The Morgan fingerprint density at radius 2 is 2.03 bits per heavy atom. The average molecular weight is 436 g/mol. The van der Waals surface area contributed by atoms with E-state index in [0.29, 0.717) is 13.2 Å². The normalized spacial score (nSPS) is 16.7. The SMILES string of the molecule is CCOC(=O)/C=C/c1ccc(NC(=O)CN2CCCC2c2nc3ccccc3s2)cc1. The van der Waals surface area contributed by atoms with Crippen molar-refractivity contribution >= 4 is 45.2 Å². The van der Waals surface area contributed by atoms with E-state index in [9.17, 15) is 9.59 Å². The summed E-state index contributed by atoms with van der Waals surface area (Å²) in [5.41, 5.74) is 2.62. The van der Waals surface area contributed by atoms with Crippen molar-refractivity contribution in [2.75, 3.05) is 25.0 Å². The van der Waals surface area contributed by atoms with E-state index < -0.39 is 0 Å². The molecule has 1 aliphatic heterocycles. The first kappa shape index (κ1) is 21.2. The highest BCUT2D eigenvalue weighted by Gasteiger charge is 2.30. The first-order valence-electron chi connectivity index (χ1n) is 10.5. The quantitative estimate of drug-likeness (QED) is 0.432. The maximum atomic E-state index is 12.6. The summed E-state index contributed by atoms with van der Waals surface area (Å²) in [4.78, 5) is 31.0. The molecule has 3 aromatic rings. The van der Waals surface area contributed by atoms with Gasteiger partial charge in [-0.3, -0.25) is 9.69 Å². The second kappa shape index (κ2) is 9.85. The summed E-state index contributed by atoms with van der Waals surface area (Å²) in [5.74, 6) is -0.406. The molecule has 1 fully saturated rings. The van der Waals surface area contributed by atoms with Gasteiger partial charge in [0.25, 0.3) is 0 Å². The number of carbonyl (C=O) groups excluding carboxylic acids is 2. The maximum Gasteiger partial charge on any atom is 0.330 e. The number of nitrogens with zero attached hydrogens (tertiary/aromatic N) is 2. The Balaban J connectivity index is 1.35. The van der Waals surface area contributed by atoms with Crippen molar-refractivity contribution in [3.63, 3.8) is 0 Å². The molecular weight excluding hydrogens is 410 g/mol. The number of amides is 1. The van der Waals surface area contributed by atoms with Crippen LogP contribution in [0.3, 0.4) is 0 Å². The lowest BCUT2D eigenvalue weighted by Crippen LogP contribution is -2.32. The van der Waals surface area contributed by atoms with E-state index in [4.69, 9.17) is 9.72 Å². The van der Waals surface area contributed by atoms with Crippen LogP contribution in [0.25, 0.3) is 16.3 Å². The van der Waals surface area contributed by atoms with E-state index in [-0.39, 0.29) is 17.9 Å². The Kier molecular flexibility index (Phi) is 6.74. The van der Waals surface area contributed by atoms with Crippen LogP contribution in [-0.4, -0.2) is 41.5 Å². The smallest absolute Gasteiger partial charge is 0.330 e. The number of fused-ring (bicyclic) bond motifs is 1. The number of thiazole rings is 1. The van der Waals surface area contributed by atoms with Gasteiger partial charge >= 0.3 is 5.97 Å². The number of carbonyl (C=O) groups is 2. The van der Waals surface area contributed by atoms with E-state index in [1.807, 2.05) is 42.5 Å². The largest absolute Gasteiger partial charge is 0.463 e. The van der Waals surface area contributed by atoms with Gasteiger partial charge in [0.05, 0.1) is 29.4 Å². The van der Waals surface area contributed by atoms with Gasteiger partial charge in [-0.15, -0.1) is 11.3 Å². The number of para-hydroxylation sites is 1. The first-order valence-corrected chi connectivity index (χ1v) is 11.3. The molecule has 0 bridgehead atoms. The number of hydrogen-bond acceptors (Lipinski definition) is 6. The van der Waals surface area contributed by atoms with E-state index in [1.165, 1.54) is 10.8 Å². The van der Waals surface area contributed by atoms with Crippen molar-refractivity contribution in [3.8, 4) is 0 Å². The summed E-state index contributed by atoms with van der Waals surface area (Å²) < 4.78 is 6.06. The summed E-state index contributed by atoms with van der Waals surface area (Å²) in [6.07, 6.45) is 5.17. The van der Waals surface area contributed by atoms with Crippen LogP contribution in [0.2, 0.25) is 0 Å². The fourth-order valence-electron chi connectivity index (χ4n) is 3.74. The highest BCUT2D eigenvalue weighted by atomic mass is 32.1. The van der Waals surface area contributed by atoms with E-state index in [0.717, 1.165) is 41.2 Å². The number of anilines is 1. The molecule has 2 aromatic carbocycles. The minimum Gasteiger partial charge on any atom is -0.463 e. The Morgan fingerprint density at radius 1 is 1.23 bits per heavy atom. The molecule has 1 unspecified atom stereocenters. The van der Waals surface area contributed by atoms with E-state index >= 15 is 0 Å². The van der Waals surface area contributed by atoms with Crippen molar-refractivity contribution in [2.24, 2.45) is 0 Å². The van der Waals surface area contributed by atoms with Crippen LogP contribution in [-0.2, 0) is 14.3 Å². The van der Waals surface area contributed by atoms with Crippen molar-refractivity contribution in [1.29, 1.82) is 0 Å². The number of ether oxygens (including phenoxy) is 1. The summed E-state index contributed by atoms with van der Waals surface area (Å²) >= 11 is 1.72. The van der Waals surface area contributed by atoms with Crippen molar-refractivity contribution < 1.29 is 14.3 Å². The van der Waals surface area contributed by atoms with Crippen LogP contribution in [0, 0.1) is 0 Å². The molecule has 6 nitrogen and oxygen atoms in total. The van der Waals surface area contributed by atoms with Crippen molar-refractivity contribution in [3.05, 3.63) is 65.2 Å². The summed E-state index contributed by atoms with van der Waals surface area (Å²) in [7, 11) is 0. The molecule has 1 aromatic heterocycles. The van der Waals surface area contributed by atoms with Gasteiger partial charge in [0.1, 0.15) is 5.01 Å². The number of nitrogens with one attached hydrogen (secondary N) is 1. The number of benzene rings is 2. The topological polar surface area (TPSA) is 71.5 Å². The minimum absolute atomic E-state index is 0.0390. The average Bonchev–Trinajstić information content (AvgIpc) is 3.39. The molecule has 1 amide bonds. The number of hydrogen-bond donors (Lipinski definition) is 1. The summed E-state index contributed by atoms with van der Waals surface area (Å²) in [6, 6.07) is 15.7. The molecule has 0 spiro atoms. The van der Waals surface area contributed by atoms with Gasteiger partial charge in [0.2, 0.25) is 5.91 Å². The maximum absolute atomic E-state index is 12.6. The molecular formula is C24H25N3O3S. The number of esters is 1. The lowest BCUT2D eigenvalue weighted by molar-refractivity contribution is -0.137. The third-order valence-electron chi connectivity index (χ3n) is 5.20. The third kappa shape index (κ3) is 5.37. The van der Waals surface area contributed by atoms with Crippen LogP contribution in [0.4, 0.5) is 5.69 Å². The molecule has 0 aliphatic carbocycles. The fraction of sp³-hybridized carbons (Fsp3) is 0.292. The van der Waals surface area contributed by atoms with Crippen LogP contribution < -0.4 is 5.32 Å². The number of likely N-dealkylation sites (tertiary alicyclic amines) is 1. The van der Waals surface area contributed by atoms with Gasteiger partial charge in [0.15, 0.2) is 0 Å². The van der Waals surface area contributed by atoms with Crippen LogP contribution in [0.15, 0.2) is 54.6 Å². The Morgan fingerprint density at radius 3 is 2.81 bits per heavy atom. The van der Waals surface area contributed by atoms with Gasteiger partial charge in [-0.2, -0.15) is 0 Å². The van der Waals surface area contributed by atoms with Gasteiger partial charge in [0, 0.05) is 11.8 Å². The molecule has 1 N–H and O–H groups in total. The van der Waals surface area contributed by atoms with Crippen LogP contribution in [0.5, 0.6) is 0 Å². The molecule has 0 saturated carbocycles. The van der Waals surface area contributed by atoms with Gasteiger partial charge in [-0.1, -0.05) is 24.3 Å². The predicted molar refractivity (Wildman–Crippen MR) is 124 cm³/mol. The molecule has 7 heteroatoms. The molecule has 1 aliphatic rings. The zero-order chi connectivity index (χ0) is 21.6. The zero-order valence-corrected chi connectivity index (χ0v) is 18.2. The van der Waals surface area contributed by atoms with Crippen molar-refractivity contribution in [2.45, 2.75) is 25.8 Å². The summed E-state index contributed by atoms with van der Waals surface area (Å²) in [6.45, 7) is 3.36. The van der Waals surface area contributed by atoms with Crippen molar-refractivity contribution in [1.82, 2.24) is 9.88 Å². The molecule has 0 radical (unpaired) electrons. The summed E-state index contributed by atoms with van der Waals surface area (Å²) in [5, 5.41) is 4.05. The van der Waals surface area contributed by atoms with Gasteiger partial charge in [-0.05, 0) is 62.2 Å². The van der Waals surface area contributed by atoms with Gasteiger partial charge in [-0.25, -0.2) is 9.78 Å². The van der Waals surface area contributed by atoms with E-state index in [1.54, 1.807) is 24.3 Å². The predicted octanol–water partition coefficient (Wildman–Crippen LogP) is 4.65. The molecule has 1 saturated heterocycles.